The van der Waals surface area contributed by atoms with Crippen LogP contribution in [0, 0.1) is 5.41 Å². The van der Waals surface area contributed by atoms with Gasteiger partial charge in [-0.3, -0.25) is 4.79 Å². The lowest BCUT2D eigenvalue weighted by atomic mass is 9.89. The third-order valence-corrected chi connectivity index (χ3v) is 4.68. The molecule has 0 saturated carbocycles. The first-order chi connectivity index (χ1) is 8.34. The summed E-state index contributed by atoms with van der Waals surface area (Å²) in [5.74, 6) is 0.168. The van der Waals surface area contributed by atoms with Crippen molar-refractivity contribution in [3.63, 3.8) is 0 Å². The average Bonchev–Trinajstić information content (AvgIpc) is 2.71. The number of carbonyl (C=O) groups excluding carboxylic acids is 1. The molecule has 0 aliphatic heterocycles. The highest BCUT2D eigenvalue weighted by Crippen LogP contribution is 2.21. The molecule has 0 aliphatic carbocycles. The van der Waals surface area contributed by atoms with Gasteiger partial charge in [0.25, 0.3) is 0 Å². The third kappa shape index (κ3) is 5.08. The Balaban J connectivity index is 2.41. The molecule has 1 heterocycles. The number of hydrogen-bond acceptors (Lipinski definition) is 3. The zero-order chi connectivity index (χ0) is 13.8. The number of amides is 1. The van der Waals surface area contributed by atoms with E-state index in [-0.39, 0.29) is 11.3 Å². The minimum Gasteiger partial charge on any atom is -0.345 e. The fraction of sp³-hybridized carbons (Fsp3) is 0.615. The van der Waals surface area contributed by atoms with E-state index in [1.54, 1.807) is 16.2 Å². The molecule has 0 atom stereocenters. The number of carbonyl (C=O) groups is 1. The summed E-state index contributed by atoms with van der Waals surface area (Å²) in [4.78, 5) is 15.1. The normalized spacial score (nSPS) is 11.6. The smallest absolute Gasteiger partial charge is 0.222 e. The van der Waals surface area contributed by atoms with Crippen LogP contribution >= 0.6 is 27.3 Å². The summed E-state index contributed by atoms with van der Waals surface area (Å²) in [5.41, 5.74) is 5.53. The molecule has 0 saturated heterocycles. The number of likely N-dealkylation sites (N-methyl/N-ethyl adjacent to an activating group) is 1. The molecule has 5 heteroatoms. The van der Waals surface area contributed by atoms with Crippen LogP contribution in [0.5, 0.6) is 0 Å². The number of halogens is 1. The van der Waals surface area contributed by atoms with Gasteiger partial charge in [-0.2, -0.15) is 0 Å². The van der Waals surface area contributed by atoms with E-state index in [9.17, 15) is 4.79 Å². The van der Waals surface area contributed by atoms with Gasteiger partial charge in [0.1, 0.15) is 0 Å². The Bertz CT molecular complexity index is 403. The van der Waals surface area contributed by atoms with Crippen LogP contribution in [-0.2, 0) is 11.2 Å². The van der Waals surface area contributed by atoms with E-state index >= 15 is 0 Å². The topological polar surface area (TPSA) is 46.3 Å². The summed E-state index contributed by atoms with van der Waals surface area (Å²) < 4.78 is 1.11. The maximum absolute atomic E-state index is 12.0. The quantitative estimate of drug-likeness (QED) is 0.870. The second-order valence-corrected chi connectivity index (χ2v) is 7.25. The summed E-state index contributed by atoms with van der Waals surface area (Å²) in [5, 5.41) is 2.06. The summed E-state index contributed by atoms with van der Waals surface area (Å²) in [6, 6.07) is 2.10. The Kier molecular flexibility index (Phi) is 5.82. The van der Waals surface area contributed by atoms with E-state index in [1.165, 1.54) is 4.88 Å². The molecule has 18 heavy (non-hydrogen) atoms. The van der Waals surface area contributed by atoms with Crippen molar-refractivity contribution >= 4 is 33.2 Å². The molecular formula is C13H21BrN2OS. The molecule has 3 nitrogen and oxygen atoms in total. The highest BCUT2D eigenvalue weighted by atomic mass is 79.9. The van der Waals surface area contributed by atoms with Gasteiger partial charge in [-0.05, 0) is 40.4 Å². The molecule has 0 unspecified atom stereocenters. The molecular weight excluding hydrogens is 312 g/mol. The SMILES string of the molecule is CN(CCc1cc(Br)cs1)C(=O)CC(C)(C)CN. The summed E-state index contributed by atoms with van der Waals surface area (Å²) >= 11 is 5.15. The van der Waals surface area contributed by atoms with Crippen LogP contribution in [0.3, 0.4) is 0 Å². The van der Waals surface area contributed by atoms with Gasteiger partial charge >= 0.3 is 0 Å². The number of nitrogens with zero attached hydrogens (tertiary/aromatic N) is 1. The van der Waals surface area contributed by atoms with E-state index in [2.05, 4.69) is 27.4 Å². The summed E-state index contributed by atoms with van der Waals surface area (Å²) in [6.45, 7) is 5.33. The predicted octanol–water partition coefficient (Wildman–Crippen LogP) is 2.89. The highest BCUT2D eigenvalue weighted by Gasteiger charge is 2.22. The number of hydrogen-bond donors (Lipinski definition) is 1. The van der Waals surface area contributed by atoms with E-state index in [0.717, 1.165) is 17.4 Å². The fourth-order valence-electron chi connectivity index (χ4n) is 1.50. The van der Waals surface area contributed by atoms with Gasteiger partial charge in [0.05, 0.1) is 0 Å². The molecule has 102 valence electrons. The molecule has 0 aromatic carbocycles. The Hall–Kier alpha value is -0.390. The van der Waals surface area contributed by atoms with Crippen molar-refractivity contribution < 1.29 is 4.79 Å². The maximum atomic E-state index is 12.0. The zero-order valence-corrected chi connectivity index (χ0v) is 13.6. The Morgan fingerprint density at radius 2 is 2.22 bits per heavy atom. The van der Waals surface area contributed by atoms with Crippen LogP contribution in [0.1, 0.15) is 25.1 Å². The van der Waals surface area contributed by atoms with Gasteiger partial charge < -0.3 is 10.6 Å². The molecule has 1 rings (SSSR count). The van der Waals surface area contributed by atoms with Crippen molar-refractivity contribution in [1.82, 2.24) is 4.90 Å². The second-order valence-electron chi connectivity index (χ2n) is 5.34. The van der Waals surface area contributed by atoms with Crippen molar-refractivity contribution in [1.29, 1.82) is 0 Å². The lowest BCUT2D eigenvalue weighted by molar-refractivity contribution is -0.131. The maximum Gasteiger partial charge on any atom is 0.222 e. The first-order valence-electron chi connectivity index (χ1n) is 6.01. The van der Waals surface area contributed by atoms with E-state index in [0.29, 0.717) is 13.0 Å². The first-order valence-corrected chi connectivity index (χ1v) is 7.68. The number of thiophene rings is 1. The van der Waals surface area contributed by atoms with Crippen LogP contribution in [0.2, 0.25) is 0 Å². The zero-order valence-electron chi connectivity index (χ0n) is 11.2. The first kappa shape index (κ1) is 15.7. The molecule has 2 N–H and O–H groups in total. The molecule has 0 radical (unpaired) electrons. The minimum atomic E-state index is -0.114. The summed E-state index contributed by atoms with van der Waals surface area (Å²) in [7, 11) is 1.86. The van der Waals surface area contributed by atoms with Crippen molar-refractivity contribution in [3.05, 3.63) is 20.8 Å². The van der Waals surface area contributed by atoms with Gasteiger partial charge in [-0.25, -0.2) is 0 Å². The molecule has 0 spiro atoms. The Morgan fingerprint density at radius 3 is 2.72 bits per heavy atom. The third-order valence-electron chi connectivity index (χ3n) is 2.92. The Labute approximate surface area is 121 Å². The van der Waals surface area contributed by atoms with E-state index in [4.69, 9.17) is 5.73 Å². The van der Waals surface area contributed by atoms with E-state index in [1.807, 2.05) is 20.9 Å². The van der Waals surface area contributed by atoms with Crippen molar-refractivity contribution in [2.75, 3.05) is 20.1 Å². The van der Waals surface area contributed by atoms with Gasteiger partial charge in [-0.1, -0.05) is 13.8 Å². The van der Waals surface area contributed by atoms with Crippen molar-refractivity contribution in [3.8, 4) is 0 Å². The molecule has 1 aromatic rings. The van der Waals surface area contributed by atoms with Gasteiger partial charge in [0, 0.05) is 34.7 Å². The monoisotopic (exact) mass is 332 g/mol. The van der Waals surface area contributed by atoms with Crippen molar-refractivity contribution in [2.45, 2.75) is 26.7 Å². The summed E-state index contributed by atoms with van der Waals surface area (Å²) in [6.07, 6.45) is 1.41. The second kappa shape index (κ2) is 6.68. The van der Waals surface area contributed by atoms with Gasteiger partial charge in [0.2, 0.25) is 5.91 Å². The molecule has 1 aromatic heterocycles. The minimum absolute atomic E-state index is 0.114. The lowest BCUT2D eigenvalue weighted by Gasteiger charge is -2.25. The van der Waals surface area contributed by atoms with Gasteiger partial charge in [-0.15, -0.1) is 11.3 Å². The lowest BCUT2D eigenvalue weighted by Crippen LogP contribution is -2.35. The van der Waals surface area contributed by atoms with E-state index < -0.39 is 0 Å². The Morgan fingerprint density at radius 1 is 1.56 bits per heavy atom. The molecule has 0 fully saturated rings. The predicted molar refractivity (Wildman–Crippen MR) is 80.8 cm³/mol. The van der Waals surface area contributed by atoms with Crippen LogP contribution in [0.25, 0.3) is 0 Å². The van der Waals surface area contributed by atoms with Crippen molar-refractivity contribution in [2.24, 2.45) is 11.1 Å². The highest BCUT2D eigenvalue weighted by molar-refractivity contribution is 9.10. The van der Waals surface area contributed by atoms with Crippen LogP contribution in [0.4, 0.5) is 0 Å². The van der Waals surface area contributed by atoms with Crippen LogP contribution < -0.4 is 5.73 Å². The largest absolute Gasteiger partial charge is 0.345 e. The van der Waals surface area contributed by atoms with Crippen LogP contribution in [-0.4, -0.2) is 30.9 Å². The average molecular weight is 333 g/mol. The number of nitrogens with two attached hydrogens (primary N) is 1. The van der Waals surface area contributed by atoms with Gasteiger partial charge in [0.15, 0.2) is 0 Å². The number of rotatable bonds is 6. The molecule has 0 bridgehead atoms. The molecule has 0 aliphatic rings. The fourth-order valence-corrected chi connectivity index (χ4v) is 2.95. The van der Waals surface area contributed by atoms with Crippen LogP contribution in [0.15, 0.2) is 15.9 Å². The standard InChI is InChI=1S/C13H21BrN2OS/c1-13(2,9-15)7-12(17)16(3)5-4-11-6-10(14)8-18-11/h6,8H,4-5,7,9,15H2,1-3H3. The molecule has 1 amide bonds.